The quantitative estimate of drug-likeness (QED) is 0.770. The van der Waals surface area contributed by atoms with E-state index in [1.807, 2.05) is 6.07 Å². The molecule has 1 heterocycles. The molecule has 1 aliphatic heterocycles. The standard InChI is InChI=1S/C16H22BrN3O.2ClH/c1-11(2)7-15(20-5-3-19-4-6-20)13-8-12(10-18)9-14(17)16(13)21;;/h8-9,11,15,19,21H,3-7H2,1-2H3;2*1H/t15-;;/m0../s1. The maximum Gasteiger partial charge on any atom is 0.134 e. The average Bonchev–Trinajstić information content (AvgIpc) is 2.48. The fourth-order valence-electron chi connectivity index (χ4n) is 2.85. The lowest BCUT2D eigenvalue weighted by atomic mass is 9.93. The van der Waals surface area contributed by atoms with Crippen LogP contribution in [0.15, 0.2) is 16.6 Å². The van der Waals surface area contributed by atoms with Crippen molar-refractivity contribution in [2.24, 2.45) is 5.92 Å². The molecule has 0 aliphatic carbocycles. The zero-order valence-electron chi connectivity index (χ0n) is 13.4. The van der Waals surface area contributed by atoms with Crippen LogP contribution in [0, 0.1) is 17.2 Å². The van der Waals surface area contributed by atoms with Gasteiger partial charge in [0.25, 0.3) is 0 Å². The molecule has 0 radical (unpaired) electrons. The maximum atomic E-state index is 10.4. The van der Waals surface area contributed by atoms with E-state index in [0.29, 0.717) is 16.0 Å². The predicted octanol–water partition coefficient (Wildman–Crippen LogP) is 3.86. The number of hydrogen-bond acceptors (Lipinski definition) is 4. The predicted molar refractivity (Wildman–Crippen MR) is 102 cm³/mol. The number of benzene rings is 1. The highest BCUT2D eigenvalue weighted by Crippen LogP contribution is 2.38. The normalized spacial score (nSPS) is 16.1. The summed E-state index contributed by atoms with van der Waals surface area (Å²) in [7, 11) is 0. The van der Waals surface area contributed by atoms with Crippen molar-refractivity contribution in [2.45, 2.75) is 26.3 Å². The molecule has 2 rings (SSSR count). The fraction of sp³-hybridized carbons (Fsp3) is 0.562. The van der Waals surface area contributed by atoms with Crippen LogP contribution in [0.3, 0.4) is 0 Å². The summed E-state index contributed by atoms with van der Waals surface area (Å²) in [5, 5.41) is 23.0. The molecule has 0 bridgehead atoms. The van der Waals surface area contributed by atoms with Crippen molar-refractivity contribution in [3.63, 3.8) is 0 Å². The second-order valence-electron chi connectivity index (χ2n) is 5.94. The zero-order valence-corrected chi connectivity index (χ0v) is 16.6. The summed E-state index contributed by atoms with van der Waals surface area (Å²) in [6.45, 7) is 8.24. The topological polar surface area (TPSA) is 59.3 Å². The monoisotopic (exact) mass is 423 g/mol. The van der Waals surface area contributed by atoms with Gasteiger partial charge in [-0.15, -0.1) is 24.8 Å². The Morgan fingerprint density at radius 3 is 2.43 bits per heavy atom. The molecule has 1 atom stereocenters. The SMILES string of the molecule is CC(C)C[C@@H](c1cc(C#N)cc(Br)c1O)N1CCNCC1.Cl.Cl. The zero-order chi connectivity index (χ0) is 15.4. The van der Waals surface area contributed by atoms with E-state index in [0.717, 1.165) is 38.2 Å². The second kappa shape index (κ2) is 10.4. The third-order valence-electron chi connectivity index (χ3n) is 3.87. The van der Waals surface area contributed by atoms with E-state index in [9.17, 15) is 10.4 Å². The number of nitriles is 1. The van der Waals surface area contributed by atoms with Gasteiger partial charge in [-0.3, -0.25) is 4.90 Å². The van der Waals surface area contributed by atoms with Crippen LogP contribution in [0.25, 0.3) is 0 Å². The minimum atomic E-state index is 0. The Labute approximate surface area is 159 Å². The van der Waals surface area contributed by atoms with E-state index < -0.39 is 0 Å². The van der Waals surface area contributed by atoms with E-state index in [4.69, 9.17) is 0 Å². The molecule has 23 heavy (non-hydrogen) atoms. The highest BCUT2D eigenvalue weighted by Gasteiger charge is 2.26. The molecule has 2 N–H and O–H groups in total. The van der Waals surface area contributed by atoms with Crippen molar-refractivity contribution >= 4 is 40.7 Å². The van der Waals surface area contributed by atoms with Gasteiger partial charge in [0.15, 0.2) is 0 Å². The van der Waals surface area contributed by atoms with Gasteiger partial charge in [-0.05, 0) is 40.4 Å². The van der Waals surface area contributed by atoms with Gasteiger partial charge in [0.1, 0.15) is 5.75 Å². The molecule has 7 heteroatoms. The third kappa shape index (κ3) is 5.81. The summed E-state index contributed by atoms with van der Waals surface area (Å²) in [5.41, 5.74) is 1.44. The van der Waals surface area contributed by atoms with Crippen LogP contribution in [0.2, 0.25) is 0 Å². The fourth-order valence-corrected chi connectivity index (χ4v) is 3.33. The lowest BCUT2D eigenvalue weighted by Crippen LogP contribution is -2.45. The average molecular weight is 425 g/mol. The molecule has 0 spiro atoms. The van der Waals surface area contributed by atoms with Gasteiger partial charge in [0, 0.05) is 37.8 Å². The van der Waals surface area contributed by atoms with Gasteiger partial charge in [-0.1, -0.05) is 13.8 Å². The first-order chi connectivity index (χ1) is 10.0. The molecule has 0 amide bonds. The van der Waals surface area contributed by atoms with Crippen molar-refractivity contribution in [1.29, 1.82) is 5.26 Å². The van der Waals surface area contributed by atoms with E-state index in [1.54, 1.807) is 6.07 Å². The molecule has 1 aromatic carbocycles. The molecule has 1 aromatic rings. The van der Waals surface area contributed by atoms with Gasteiger partial charge in [-0.25, -0.2) is 0 Å². The highest BCUT2D eigenvalue weighted by atomic mass is 79.9. The number of piperazine rings is 1. The van der Waals surface area contributed by atoms with Crippen LogP contribution >= 0.6 is 40.7 Å². The Hall–Kier alpha value is -0.510. The minimum Gasteiger partial charge on any atom is -0.506 e. The molecule has 0 aromatic heterocycles. The van der Waals surface area contributed by atoms with Crippen molar-refractivity contribution in [3.8, 4) is 11.8 Å². The van der Waals surface area contributed by atoms with E-state index in [-0.39, 0.29) is 36.6 Å². The number of rotatable bonds is 4. The first-order valence-corrected chi connectivity index (χ1v) is 8.19. The number of hydrogen-bond donors (Lipinski definition) is 2. The summed E-state index contributed by atoms with van der Waals surface area (Å²) >= 11 is 3.36. The number of phenolic OH excluding ortho intramolecular Hbond substituents is 1. The van der Waals surface area contributed by atoms with Crippen LogP contribution in [0.4, 0.5) is 0 Å². The minimum absolute atomic E-state index is 0. The number of halogens is 3. The molecule has 0 saturated carbocycles. The molecule has 1 fully saturated rings. The van der Waals surface area contributed by atoms with Crippen LogP contribution in [-0.2, 0) is 0 Å². The molecular weight excluding hydrogens is 401 g/mol. The Morgan fingerprint density at radius 2 is 1.91 bits per heavy atom. The van der Waals surface area contributed by atoms with Crippen LogP contribution in [-0.4, -0.2) is 36.2 Å². The molecule has 130 valence electrons. The van der Waals surface area contributed by atoms with Gasteiger partial charge < -0.3 is 10.4 Å². The van der Waals surface area contributed by atoms with Crippen LogP contribution in [0.1, 0.15) is 37.4 Å². The molecule has 1 aliphatic rings. The summed E-state index contributed by atoms with van der Waals surface area (Å²) in [6, 6.07) is 5.82. The largest absolute Gasteiger partial charge is 0.506 e. The van der Waals surface area contributed by atoms with Crippen molar-refractivity contribution in [1.82, 2.24) is 10.2 Å². The summed E-state index contributed by atoms with van der Waals surface area (Å²) in [6.07, 6.45) is 0.967. The van der Waals surface area contributed by atoms with Gasteiger partial charge in [0.05, 0.1) is 16.1 Å². The lowest BCUT2D eigenvalue weighted by molar-refractivity contribution is 0.151. The van der Waals surface area contributed by atoms with Crippen molar-refractivity contribution in [3.05, 3.63) is 27.7 Å². The smallest absolute Gasteiger partial charge is 0.134 e. The summed E-state index contributed by atoms with van der Waals surface area (Å²) in [4.78, 5) is 2.40. The molecular formula is C16H24BrCl2N3O. The maximum absolute atomic E-state index is 10.4. The Bertz CT molecular complexity index is 543. The van der Waals surface area contributed by atoms with Gasteiger partial charge >= 0.3 is 0 Å². The molecule has 0 unspecified atom stereocenters. The highest BCUT2D eigenvalue weighted by molar-refractivity contribution is 9.10. The number of nitrogens with one attached hydrogen (secondary N) is 1. The van der Waals surface area contributed by atoms with Gasteiger partial charge in [-0.2, -0.15) is 5.26 Å². The van der Waals surface area contributed by atoms with Gasteiger partial charge in [0.2, 0.25) is 0 Å². The second-order valence-corrected chi connectivity index (χ2v) is 6.79. The van der Waals surface area contributed by atoms with E-state index in [1.165, 1.54) is 0 Å². The summed E-state index contributed by atoms with van der Waals surface area (Å²) < 4.78 is 0.598. The van der Waals surface area contributed by atoms with Crippen molar-refractivity contribution < 1.29 is 5.11 Å². The first-order valence-electron chi connectivity index (χ1n) is 7.40. The Morgan fingerprint density at radius 1 is 1.30 bits per heavy atom. The van der Waals surface area contributed by atoms with E-state index >= 15 is 0 Å². The van der Waals surface area contributed by atoms with Crippen LogP contribution in [0.5, 0.6) is 5.75 Å². The van der Waals surface area contributed by atoms with Crippen molar-refractivity contribution in [2.75, 3.05) is 26.2 Å². The Kier molecular flexibility index (Phi) is 10.1. The number of aromatic hydroxyl groups is 1. The Balaban J connectivity index is 0.00000242. The summed E-state index contributed by atoms with van der Waals surface area (Å²) in [5.74, 6) is 0.784. The number of nitrogens with zero attached hydrogens (tertiary/aromatic N) is 2. The van der Waals surface area contributed by atoms with Crippen LogP contribution < -0.4 is 5.32 Å². The number of phenols is 1. The molecule has 4 nitrogen and oxygen atoms in total. The lowest BCUT2D eigenvalue weighted by Gasteiger charge is -2.36. The van der Waals surface area contributed by atoms with E-state index in [2.05, 4.69) is 46.1 Å². The molecule has 1 saturated heterocycles. The first kappa shape index (κ1) is 22.5. The third-order valence-corrected chi connectivity index (χ3v) is 4.47.